The molecule has 1 aliphatic carbocycles. The molecule has 0 aromatic rings. The summed E-state index contributed by atoms with van der Waals surface area (Å²) in [5.41, 5.74) is 0.394. The predicted molar refractivity (Wildman–Crippen MR) is 60.6 cm³/mol. The lowest BCUT2D eigenvalue weighted by Gasteiger charge is -2.25. The van der Waals surface area contributed by atoms with Crippen molar-refractivity contribution in [1.29, 1.82) is 0 Å². The molecule has 1 unspecified atom stereocenters. The van der Waals surface area contributed by atoms with Crippen LogP contribution in [-0.2, 0) is 4.79 Å². The van der Waals surface area contributed by atoms with Crippen LogP contribution in [0.2, 0.25) is 0 Å². The standard InChI is InChI=1S/C12H22N2O/c1-3-14(4-2)11(15)10-9-12(10)5-7-13-8-6-12/h10,13H,3-9H2,1-2H3. The lowest BCUT2D eigenvalue weighted by Crippen LogP contribution is -2.36. The Morgan fingerprint density at radius 1 is 1.33 bits per heavy atom. The van der Waals surface area contributed by atoms with Crippen molar-refractivity contribution in [2.45, 2.75) is 33.1 Å². The first-order valence-corrected chi connectivity index (χ1v) is 6.23. The van der Waals surface area contributed by atoms with Crippen molar-refractivity contribution in [3.63, 3.8) is 0 Å². The van der Waals surface area contributed by atoms with Crippen LogP contribution in [0.1, 0.15) is 33.1 Å². The predicted octanol–water partition coefficient (Wildman–Crippen LogP) is 1.24. The summed E-state index contributed by atoms with van der Waals surface area (Å²) in [5, 5.41) is 3.37. The number of amides is 1. The van der Waals surface area contributed by atoms with Gasteiger partial charge in [-0.15, -0.1) is 0 Å². The van der Waals surface area contributed by atoms with Gasteiger partial charge in [0.05, 0.1) is 0 Å². The fourth-order valence-electron chi connectivity index (χ4n) is 2.93. The fraction of sp³-hybridized carbons (Fsp3) is 0.917. The van der Waals surface area contributed by atoms with Crippen molar-refractivity contribution >= 4 is 5.91 Å². The molecule has 0 aromatic heterocycles. The number of hydrogen-bond donors (Lipinski definition) is 1. The van der Waals surface area contributed by atoms with Crippen molar-refractivity contribution in [3.8, 4) is 0 Å². The van der Waals surface area contributed by atoms with Gasteiger partial charge in [-0.3, -0.25) is 4.79 Å². The Morgan fingerprint density at radius 2 is 1.93 bits per heavy atom. The van der Waals surface area contributed by atoms with E-state index < -0.39 is 0 Å². The summed E-state index contributed by atoms with van der Waals surface area (Å²) in [6.07, 6.45) is 3.54. The molecule has 1 aliphatic heterocycles. The summed E-state index contributed by atoms with van der Waals surface area (Å²) in [5.74, 6) is 0.751. The molecule has 0 radical (unpaired) electrons. The molecule has 1 spiro atoms. The summed E-state index contributed by atoms with van der Waals surface area (Å²) >= 11 is 0. The van der Waals surface area contributed by atoms with Gasteiger partial charge >= 0.3 is 0 Å². The van der Waals surface area contributed by atoms with Crippen LogP contribution in [0.5, 0.6) is 0 Å². The second-order valence-electron chi connectivity index (χ2n) is 4.88. The first-order chi connectivity index (χ1) is 7.23. The first-order valence-electron chi connectivity index (χ1n) is 6.23. The highest BCUT2D eigenvalue weighted by Crippen LogP contribution is 2.59. The van der Waals surface area contributed by atoms with Crippen molar-refractivity contribution < 1.29 is 4.79 Å². The van der Waals surface area contributed by atoms with Crippen molar-refractivity contribution in [2.24, 2.45) is 11.3 Å². The normalized spacial score (nSPS) is 27.7. The van der Waals surface area contributed by atoms with E-state index in [1.54, 1.807) is 0 Å². The molecule has 0 aromatic carbocycles. The molecule has 3 nitrogen and oxygen atoms in total. The highest BCUT2D eigenvalue weighted by atomic mass is 16.2. The van der Waals surface area contributed by atoms with Crippen LogP contribution in [0.3, 0.4) is 0 Å². The monoisotopic (exact) mass is 210 g/mol. The van der Waals surface area contributed by atoms with Crippen LogP contribution in [0.4, 0.5) is 0 Å². The maximum atomic E-state index is 12.1. The Bertz CT molecular complexity index is 242. The SMILES string of the molecule is CCN(CC)C(=O)C1CC12CCNCC2. The summed E-state index contributed by atoms with van der Waals surface area (Å²) in [7, 11) is 0. The third-order valence-electron chi connectivity index (χ3n) is 4.16. The van der Waals surface area contributed by atoms with E-state index in [1.807, 2.05) is 4.90 Å². The zero-order valence-corrected chi connectivity index (χ0v) is 9.88. The molecule has 15 heavy (non-hydrogen) atoms. The maximum Gasteiger partial charge on any atom is 0.226 e. The minimum Gasteiger partial charge on any atom is -0.343 e. The molecule has 1 amide bonds. The van der Waals surface area contributed by atoms with Crippen LogP contribution < -0.4 is 5.32 Å². The van der Waals surface area contributed by atoms with Crippen LogP contribution in [0.25, 0.3) is 0 Å². The van der Waals surface area contributed by atoms with Crippen molar-refractivity contribution in [2.75, 3.05) is 26.2 Å². The number of hydrogen-bond acceptors (Lipinski definition) is 2. The number of piperidine rings is 1. The highest BCUT2D eigenvalue weighted by Gasteiger charge is 2.58. The molecule has 1 atom stereocenters. The smallest absolute Gasteiger partial charge is 0.226 e. The van der Waals surface area contributed by atoms with Gasteiger partial charge in [-0.1, -0.05) is 0 Å². The largest absolute Gasteiger partial charge is 0.343 e. The van der Waals surface area contributed by atoms with Gasteiger partial charge in [0, 0.05) is 19.0 Å². The van der Waals surface area contributed by atoms with Crippen LogP contribution in [0, 0.1) is 11.3 Å². The Morgan fingerprint density at radius 3 is 2.47 bits per heavy atom. The summed E-state index contributed by atoms with van der Waals surface area (Å²) in [4.78, 5) is 14.1. The highest BCUT2D eigenvalue weighted by molar-refractivity contribution is 5.82. The van der Waals surface area contributed by atoms with Crippen LogP contribution >= 0.6 is 0 Å². The van der Waals surface area contributed by atoms with E-state index >= 15 is 0 Å². The molecule has 0 bridgehead atoms. The molecule has 1 heterocycles. The van der Waals surface area contributed by atoms with Crippen molar-refractivity contribution in [3.05, 3.63) is 0 Å². The molecule has 86 valence electrons. The Balaban J connectivity index is 1.94. The molecule has 2 rings (SSSR count). The van der Waals surface area contributed by atoms with Gasteiger partial charge in [-0.25, -0.2) is 0 Å². The number of nitrogens with zero attached hydrogens (tertiary/aromatic N) is 1. The van der Waals surface area contributed by atoms with Gasteiger partial charge in [0.2, 0.25) is 5.91 Å². The van der Waals surface area contributed by atoms with Gasteiger partial charge < -0.3 is 10.2 Å². The van der Waals surface area contributed by atoms with E-state index in [0.29, 0.717) is 17.2 Å². The Hall–Kier alpha value is -0.570. The van der Waals surface area contributed by atoms with E-state index in [9.17, 15) is 4.79 Å². The van der Waals surface area contributed by atoms with Gasteiger partial charge in [0.15, 0.2) is 0 Å². The maximum absolute atomic E-state index is 12.1. The van der Waals surface area contributed by atoms with E-state index in [-0.39, 0.29) is 0 Å². The van der Waals surface area contributed by atoms with Gasteiger partial charge in [0.25, 0.3) is 0 Å². The second kappa shape index (κ2) is 4.12. The topological polar surface area (TPSA) is 32.3 Å². The average Bonchev–Trinajstić information content (AvgIpc) is 2.95. The van der Waals surface area contributed by atoms with E-state index in [1.165, 1.54) is 12.8 Å². The molecule has 1 N–H and O–H groups in total. The third-order valence-corrected chi connectivity index (χ3v) is 4.16. The summed E-state index contributed by atoms with van der Waals surface area (Å²) in [6.45, 7) is 8.06. The molecular formula is C12H22N2O. The first kappa shape index (κ1) is 10.9. The van der Waals surface area contributed by atoms with E-state index in [0.717, 1.165) is 32.6 Å². The minimum atomic E-state index is 0.347. The van der Waals surface area contributed by atoms with Crippen LogP contribution in [0.15, 0.2) is 0 Å². The zero-order chi connectivity index (χ0) is 10.9. The number of carbonyl (C=O) groups is 1. The molecule has 1 saturated carbocycles. The third kappa shape index (κ3) is 1.89. The van der Waals surface area contributed by atoms with Crippen molar-refractivity contribution in [1.82, 2.24) is 10.2 Å². The number of carbonyl (C=O) groups excluding carboxylic acids is 1. The number of rotatable bonds is 3. The lowest BCUT2D eigenvalue weighted by molar-refractivity contribution is -0.133. The van der Waals surface area contributed by atoms with Crippen LogP contribution in [-0.4, -0.2) is 37.0 Å². The molecule has 3 heteroatoms. The minimum absolute atomic E-state index is 0.347. The van der Waals surface area contributed by atoms with Gasteiger partial charge in [-0.05, 0) is 51.6 Å². The Kier molecular flexibility index (Phi) is 3.01. The van der Waals surface area contributed by atoms with E-state index in [2.05, 4.69) is 19.2 Å². The van der Waals surface area contributed by atoms with Gasteiger partial charge in [0.1, 0.15) is 0 Å². The molecule has 2 fully saturated rings. The average molecular weight is 210 g/mol. The quantitative estimate of drug-likeness (QED) is 0.760. The molecule has 2 aliphatic rings. The fourth-order valence-corrected chi connectivity index (χ4v) is 2.93. The molecular weight excluding hydrogens is 188 g/mol. The lowest BCUT2D eigenvalue weighted by atomic mass is 9.91. The number of nitrogens with one attached hydrogen (secondary N) is 1. The summed E-state index contributed by atoms with van der Waals surface area (Å²) < 4.78 is 0. The molecule has 1 saturated heterocycles. The Labute approximate surface area is 92.2 Å². The van der Waals surface area contributed by atoms with Gasteiger partial charge in [-0.2, -0.15) is 0 Å². The summed E-state index contributed by atoms with van der Waals surface area (Å²) in [6, 6.07) is 0. The second-order valence-corrected chi connectivity index (χ2v) is 4.88. The zero-order valence-electron chi connectivity index (χ0n) is 9.88. The van der Waals surface area contributed by atoms with E-state index in [4.69, 9.17) is 0 Å².